The molecule has 2 aromatic rings. The molecular formula is C13H18N4O. The van der Waals surface area contributed by atoms with Gasteiger partial charge in [-0.25, -0.2) is 0 Å². The van der Waals surface area contributed by atoms with Crippen LogP contribution in [0.5, 0.6) is 0 Å². The summed E-state index contributed by atoms with van der Waals surface area (Å²) in [6.45, 7) is 6.49. The zero-order chi connectivity index (χ0) is 13.1. The molecule has 5 nitrogen and oxygen atoms in total. The third kappa shape index (κ3) is 2.68. The van der Waals surface area contributed by atoms with E-state index in [0.29, 0.717) is 11.9 Å². The molecule has 1 aromatic carbocycles. The van der Waals surface area contributed by atoms with E-state index in [9.17, 15) is 0 Å². The van der Waals surface area contributed by atoms with Crippen LogP contribution in [0.3, 0.4) is 0 Å². The molecule has 0 amide bonds. The van der Waals surface area contributed by atoms with Crippen molar-refractivity contribution in [1.82, 2.24) is 10.2 Å². The van der Waals surface area contributed by atoms with Crippen molar-refractivity contribution in [1.29, 1.82) is 0 Å². The second-order valence-corrected chi connectivity index (χ2v) is 4.43. The van der Waals surface area contributed by atoms with Gasteiger partial charge in [0.2, 0.25) is 5.89 Å². The van der Waals surface area contributed by atoms with Crippen molar-refractivity contribution in [3.8, 4) is 0 Å². The van der Waals surface area contributed by atoms with E-state index in [1.807, 2.05) is 0 Å². The topological polar surface area (TPSA) is 77.0 Å². The van der Waals surface area contributed by atoms with Gasteiger partial charge in [0.05, 0.1) is 12.6 Å². The van der Waals surface area contributed by atoms with E-state index < -0.39 is 0 Å². The Morgan fingerprint density at radius 1 is 1.33 bits per heavy atom. The lowest BCUT2D eigenvalue weighted by atomic mass is 10.0. The summed E-state index contributed by atoms with van der Waals surface area (Å²) >= 11 is 0. The first-order valence-electron chi connectivity index (χ1n) is 5.96. The minimum absolute atomic E-state index is 0.107. The summed E-state index contributed by atoms with van der Waals surface area (Å²) in [5.74, 6) is 0.436. The fourth-order valence-electron chi connectivity index (χ4n) is 1.88. The fraction of sp³-hybridized carbons (Fsp3) is 0.385. The van der Waals surface area contributed by atoms with Crippen LogP contribution in [0.25, 0.3) is 0 Å². The zero-order valence-electron chi connectivity index (χ0n) is 10.9. The molecule has 0 aliphatic heterocycles. The van der Waals surface area contributed by atoms with E-state index in [1.165, 1.54) is 16.7 Å². The Bertz CT molecular complexity index is 536. The van der Waals surface area contributed by atoms with Crippen molar-refractivity contribution in [2.45, 2.75) is 33.4 Å². The number of hydrogen-bond donors (Lipinski definition) is 2. The van der Waals surface area contributed by atoms with Crippen molar-refractivity contribution in [3.63, 3.8) is 0 Å². The zero-order valence-corrected chi connectivity index (χ0v) is 10.9. The molecule has 0 radical (unpaired) electrons. The number of nitrogens with two attached hydrogens (primary N) is 1. The van der Waals surface area contributed by atoms with Gasteiger partial charge in [-0.3, -0.25) is 0 Å². The molecule has 0 aliphatic carbocycles. The number of hydrogen-bond acceptors (Lipinski definition) is 5. The Hall–Kier alpha value is -1.88. The van der Waals surface area contributed by atoms with Crippen molar-refractivity contribution in [2.75, 3.05) is 5.32 Å². The monoisotopic (exact) mass is 246 g/mol. The lowest BCUT2D eigenvalue weighted by molar-refractivity contribution is 0.503. The van der Waals surface area contributed by atoms with Gasteiger partial charge in [-0.2, -0.15) is 0 Å². The highest BCUT2D eigenvalue weighted by Crippen LogP contribution is 2.22. The van der Waals surface area contributed by atoms with Crippen LogP contribution < -0.4 is 11.1 Å². The highest BCUT2D eigenvalue weighted by atomic mass is 16.4. The van der Waals surface area contributed by atoms with Crippen LogP contribution in [0.15, 0.2) is 22.6 Å². The average molecular weight is 246 g/mol. The molecule has 1 heterocycles. The number of anilines is 1. The third-order valence-electron chi connectivity index (χ3n) is 2.88. The molecule has 2 rings (SSSR count). The van der Waals surface area contributed by atoms with Gasteiger partial charge in [0.25, 0.3) is 0 Å². The molecule has 3 N–H and O–H groups in total. The summed E-state index contributed by atoms with van der Waals surface area (Å²) < 4.78 is 5.34. The highest BCUT2D eigenvalue weighted by Gasteiger charge is 2.12. The smallest absolute Gasteiger partial charge is 0.315 e. The van der Waals surface area contributed by atoms with Gasteiger partial charge in [-0.05, 0) is 31.9 Å². The number of aryl methyl sites for hydroxylation is 2. The molecule has 0 bridgehead atoms. The minimum atomic E-state index is 0.107. The van der Waals surface area contributed by atoms with Gasteiger partial charge in [-0.15, -0.1) is 5.10 Å². The van der Waals surface area contributed by atoms with Gasteiger partial charge in [0.1, 0.15) is 0 Å². The van der Waals surface area contributed by atoms with Crippen molar-refractivity contribution >= 4 is 6.01 Å². The maximum absolute atomic E-state index is 5.43. The van der Waals surface area contributed by atoms with E-state index >= 15 is 0 Å². The van der Waals surface area contributed by atoms with E-state index in [4.69, 9.17) is 10.2 Å². The summed E-state index contributed by atoms with van der Waals surface area (Å²) in [6.07, 6.45) is 0. The second kappa shape index (κ2) is 5.18. The Labute approximate surface area is 106 Å². The van der Waals surface area contributed by atoms with Gasteiger partial charge in [0.15, 0.2) is 0 Å². The van der Waals surface area contributed by atoms with E-state index in [-0.39, 0.29) is 12.6 Å². The first-order valence-corrected chi connectivity index (χ1v) is 5.96. The Kier molecular flexibility index (Phi) is 3.62. The first kappa shape index (κ1) is 12.6. The van der Waals surface area contributed by atoms with Gasteiger partial charge in [0, 0.05) is 0 Å². The van der Waals surface area contributed by atoms with Crippen molar-refractivity contribution < 1.29 is 4.42 Å². The standard InChI is InChI=1S/C13H18N4O/c1-8-4-5-9(2)11(6-8)10(3)15-13-17-16-12(7-14)18-13/h4-6,10H,7,14H2,1-3H3,(H,15,17). The van der Waals surface area contributed by atoms with Crippen LogP contribution in [0, 0.1) is 13.8 Å². The normalized spacial score (nSPS) is 12.4. The minimum Gasteiger partial charge on any atom is -0.407 e. The molecule has 18 heavy (non-hydrogen) atoms. The average Bonchev–Trinajstić information content (AvgIpc) is 2.80. The number of benzene rings is 1. The SMILES string of the molecule is Cc1ccc(C)c(C(C)Nc2nnc(CN)o2)c1. The highest BCUT2D eigenvalue weighted by molar-refractivity contribution is 5.36. The first-order chi connectivity index (χ1) is 8.60. The molecule has 5 heteroatoms. The predicted octanol–water partition coefficient (Wildman–Crippen LogP) is 2.32. The molecule has 1 atom stereocenters. The maximum Gasteiger partial charge on any atom is 0.315 e. The van der Waals surface area contributed by atoms with Gasteiger partial charge in [-0.1, -0.05) is 28.9 Å². The molecule has 1 unspecified atom stereocenters. The summed E-state index contributed by atoms with van der Waals surface area (Å²) in [7, 11) is 0. The van der Waals surface area contributed by atoms with E-state index in [2.05, 4.69) is 54.5 Å². The Morgan fingerprint density at radius 3 is 2.78 bits per heavy atom. The number of rotatable bonds is 4. The van der Waals surface area contributed by atoms with Gasteiger partial charge < -0.3 is 15.5 Å². The lowest BCUT2D eigenvalue weighted by Gasteiger charge is -2.15. The van der Waals surface area contributed by atoms with Crippen molar-refractivity contribution in [3.05, 3.63) is 40.8 Å². The quantitative estimate of drug-likeness (QED) is 0.865. The van der Waals surface area contributed by atoms with E-state index in [1.54, 1.807) is 0 Å². The van der Waals surface area contributed by atoms with Crippen LogP contribution in [-0.4, -0.2) is 10.2 Å². The summed E-state index contributed by atoms with van der Waals surface area (Å²) in [4.78, 5) is 0. The second-order valence-electron chi connectivity index (χ2n) is 4.43. The third-order valence-corrected chi connectivity index (χ3v) is 2.88. The largest absolute Gasteiger partial charge is 0.407 e. The molecule has 0 saturated carbocycles. The predicted molar refractivity (Wildman–Crippen MR) is 70.1 cm³/mol. The fourth-order valence-corrected chi connectivity index (χ4v) is 1.88. The van der Waals surface area contributed by atoms with Crippen molar-refractivity contribution in [2.24, 2.45) is 5.73 Å². The number of nitrogens with zero attached hydrogens (tertiary/aromatic N) is 2. The molecular weight excluding hydrogens is 228 g/mol. The Balaban J connectivity index is 2.16. The van der Waals surface area contributed by atoms with Crippen LogP contribution in [-0.2, 0) is 6.54 Å². The maximum atomic E-state index is 5.43. The summed E-state index contributed by atoms with van der Waals surface area (Å²) in [5.41, 5.74) is 9.12. The molecule has 0 spiro atoms. The van der Waals surface area contributed by atoms with Crippen LogP contribution in [0.1, 0.15) is 35.5 Å². The number of aromatic nitrogens is 2. The Morgan fingerprint density at radius 2 is 2.11 bits per heavy atom. The molecule has 0 aliphatic rings. The molecule has 0 saturated heterocycles. The van der Waals surface area contributed by atoms with Gasteiger partial charge >= 0.3 is 6.01 Å². The molecule has 1 aromatic heterocycles. The lowest BCUT2D eigenvalue weighted by Crippen LogP contribution is -2.08. The molecule has 96 valence electrons. The molecule has 0 fully saturated rings. The van der Waals surface area contributed by atoms with Crippen LogP contribution in [0.4, 0.5) is 6.01 Å². The summed E-state index contributed by atoms with van der Waals surface area (Å²) in [6, 6.07) is 6.89. The number of nitrogens with one attached hydrogen (secondary N) is 1. The van der Waals surface area contributed by atoms with E-state index in [0.717, 1.165) is 0 Å². The summed E-state index contributed by atoms with van der Waals surface area (Å²) in [5, 5.41) is 10.9. The van der Waals surface area contributed by atoms with Crippen LogP contribution >= 0.6 is 0 Å². The van der Waals surface area contributed by atoms with Crippen LogP contribution in [0.2, 0.25) is 0 Å².